The van der Waals surface area contributed by atoms with Crippen molar-refractivity contribution in [3.8, 4) is 0 Å². The number of nitrogens with zero attached hydrogens (tertiary/aromatic N) is 2. The molecule has 6 heteroatoms. The first-order valence-corrected chi connectivity index (χ1v) is 9.80. The van der Waals surface area contributed by atoms with Crippen molar-refractivity contribution in [2.75, 3.05) is 5.06 Å². The number of para-hydroxylation sites is 1. The normalized spacial score (nSPS) is 23.2. The molecule has 0 saturated carbocycles. The fraction of sp³-hybridized carbons (Fsp3) is 0.167. The Labute approximate surface area is 173 Å². The maximum absolute atomic E-state index is 14.8. The van der Waals surface area contributed by atoms with E-state index >= 15 is 0 Å². The highest BCUT2D eigenvalue weighted by molar-refractivity contribution is 6.07. The summed E-state index contributed by atoms with van der Waals surface area (Å²) in [7, 11) is 0. The molecular weight excluding hydrogens is 383 g/mol. The second-order valence-corrected chi connectivity index (χ2v) is 7.43. The fourth-order valence-electron chi connectivity index (χ4n) is 4.22. The van der Waals surface area contributed by atoms with Crippen molar-refractivity contribution < 1.29 is 18.8 Å². The lowest BCUT2D eigenvalue weighted by atomic mass is 9.90. The maximum Gasteiger partial charge on any atom is 0.262 e. The number of halogens is 1. The Morgan fingerprint density at radius 3 is 2.13 bits per heavy atom. The third-order valence-corrected chi connectivity index (χ3v) is 5.62. The first kappa shape index (κ1) is 18.5. The number of hydroxylamine groups is 1. The third-order valence-electron chi connectivity index (χ3n) is 5.62. The summed E-state index contributed by atoms with van der Waals surface area (Å²) in [5.41, 5.74) is 1.84. The molecule has 0 aromatic heterocycles. The Morgan fingerprint density at radius 1 is 0.800 bits per heavy atom. The first-order chi connectivity index (χ1) is 14.6. The molecule has 0 bridgehead atoms. The average molecular weight is 402 g/mol. The molecule has 0 N–H and O–H groups in total. The van der Waals surface area contributed by atoms with Crippen LogP contribution in [0, 0.1) is 11.7 Å². The number of likely N-dealkylation sites (tertiary alicyclic amines) is 1. The number of rotatable bonds is 4. The number of anilines is 1. The van der Waals surface area contributed by atoms with Gasteiger partial charge in [-0.15, -0.1) is 0 Å². The smallest absolute Gasteiger partial charge is 0.262 e. The summed E-state index contributed by atoms with van der Waals surface area (Å²) in [6.07, 6.45) is -0.981. The molecule has 0 aliphatic carbocycles. The number of benzene rings is 3. The van der Waals surface area contributed by atoms with Gasteiger partial charge in [-0.25, -0.2) is 9.45 Å². The van der Waals surface area contributed by atoms with Gasteiger partial charge >= 0.3 is 0 Å². The Morgan fingerprint density at radius 2 is 1.43 bits per heavy atom. The van der Waals surface area contributed by atoms with Crippen LogP contribution in [0.25, 0.3) is 0 Å². The molecule has 0 radical (unpaired) electrons. The van der Waals surface area contributed by atoms with E-state index in [0.717, 1.165) is 5.56 Å². The van der Waals surface area contributed by atoms with E-state index in [2.05, 4.69) is 0 Å². The summed E-state index contributed by atoms with van der Waals surface area (Å²) in [4.78, 5) is 33.7. The highest BCUT2D eigenvalue weighted by Crippen LogP contribution is 2.47. The van der Waals surface area contributed by atoms with E-state index in [1.165, 1.54) is 16.0 Å². The Hall–Kier alpha value is -3.51. The van der Waals surface area contributed by atoms with E-state index in [4.69, 9.17) is 4.84 Å². The van der Waals surface area contributed by atoms with Gasteiger partial charge in [0.25, 0.3) is 5.91 Å². The van der Waals surface area contributed by atoms with Crippen LogP contribution in [0.2, 0.25) is 0 Å². The largest absolute Gasteiger partial charge is 0.275 e. The van der Waals surface area contributed by atoms with E-state index in [0.29, 0.717) is 11.3 Å². The second-order valence-electron chi connectivity index (χ2n) is 7.43. The number of amides is 2. The predicted octanol–water partition coefficient (Wildman–Crippen LogP) is 3.87. The van der Waals surface area contributed by atoms with E-state index in [9.17, 15) is 14.0 Å². The van der Waals surface area contributed by atoms with Crippen molar-refractivity contribution in [1.29, 1.82) is 0 Å². The molecule has 2 saturated heterocycles. The molecule has 3 atom stereocenters. The summed E-state index contributed by atoms with van der Waals surface area (Å²) >= 11 is 0. The quantitative estimate of drug-likeness (QED) is 0.622. The zero-order valence-corrected chi connectivity index (χ0v) is 16.0. The third kappa shape index (κ3) is 2.97. The Bertz CT molecular complexity index is 1090. The minimum atomic E-state index is -0.981. The highest BCUT2D eigenvalue weighted by atomic mass is 19.1. The molecule has 2 fully saturated rings. The Kier molecular flexibility index (Phi) is 4.56. The van der Waals surface area contributed by atoms with Crippen molar-refractivity contribution in [1.82, 2.24) is 4.90 Å². The van der Waals surface area contributed by atoms with Crippen LogP contribution in [0.3, 0.4) is 0 Å². The van der Waals surface area contributed by atoms with E-state index in [1.54, 1.807) is 18.2 Å². The van der Waals surface area contributed by atoms with Gasteiger partial charge in [0, 0.05) is 5.56 Å². The van der Waals surface area contributed by atoms with Crippen LogP contribution in [0.1, 0.15) is 17.2 Å². The number of carbonyl (C=O) groups is 2. The topological polar surface area (TPSA) is 49.9 Å². The summed E-state index contributed by atoms with van der Waals surface area (Å²) in [5, 5.41) is 1.50. The molecular formula is C24H19FN2O3. The van der Waals surface area contributed by atoms with Crippen molar-refractivity contribution in [3.63, 3.8) is 0 Å². The Balaban J connectivity index is 1.54. The van der Waals surface area contributed by atoms with Crippen LogP contribution in [0.15, 0.2) is 84.9 Å². The van der Waals surface area contributed by atoms with Crippen LogP contribution >= 0.6 is 0 Å². The number of carbonyl (C=O) groups excluding carboxylic acids is 2. The number of hydrogen-bond donors (Lipinski definition) is 0. The van der Waals surface area contributed by atoms with E-state index in [-0.39, 0.29) is 12.5 Å². The maximum atomic E-state index is 14.8. The van der Waals surface area contributed by atoms with Gasteiger partial charge in [0.15, 0.2) is 6.10 Å². The van der Waals surface area contributed by atoms with Crippen LogP contribution in [-0.4, -0.2) is 22.8 Å². The molecule has 3 aromatic rings. The zero-order chi connectivity index (χ0) is 20.7. The number of fused-ring (bicyclic) bond motifs is 1. The minimum Gasteiger partial charge on any atom is -0.275 e. The standard InChI is InChI=1S/C24H19FN2O3/c25-19-14-8-7-13-18(19)21-20-22(30-27(21)17-11-5-2-6-12-17)24(29)26(23(20)28)15-16-9-3-1-4-10-16/h1-14,20-22H,15H2/t20-,21+,22+/m1/s1. The molecule has 2 aliphatic heterocycles. The van der Waals surface area contributed by atoms with Gasteiger partial charge in [0.1, 0.15) is 11.7 Å². The molecule has 2 heterocycles. The molecule has 2 amide bonds. The lowest BCUT2D eigenvalue weighted by Gasteiger charge is -2.29. The number of hydrogen-bond acceptors (Lipinski definition) is 4. The van der Waals surface area contributed by atoms with Crippen molar-refractivity contribution >= 4 is 17.5 Å². The molecule has 5 nitrogen and oxygen atoms in total. The SMILES string of the molecule is O=C1[C@H]2[C@H](ON(c3ccccc3)[C@H]2c2ccccc2F)C(=O)N1Cc1ccccc1. The molecule has 0 spiro atoms. The van der Waals surface area contributed by atoms with Crippen LogP contribution < -0.4 is 5.06 Å². The highest BCUT2D eigenvalue weighted by Gasteiger charge is 2.60. The van der Waals surface area contributed by atoms with Crippen LogP contribution in [0.4, 0.5) is 10.1 Å². The van der Waals surface area contributed by atoms with Gasteiger partial charge in [-0.3, -0.25) is 19.3 Å². The van der Waals surface area contributed by atoms with Gasteiger partial charge in [-0.2, -0.15) is 0 Å². The van der Waals surface area contributed by atoms with Crippen molar-refractivity contribution in [2.45, 2.75) is 18.7 Å². The van der Waals surface area contributed by atoms with Gasteiger partial charge in [-0.05, 0) is 23.8 Å². The first-order valence-electron chi connectivity index (χ1n) is 9.80. The lowest BCUT2D eigenvalue weighted by molar-refractivity contribution is -0.143. The average Bonchev–Trinajstić information content (AvgIpc) is 3.27. The lowest BCUT2D eigenvalue weighted by Crippen LogP contribution is -2.37. The number of imide groups is 1. The predicted molar refractivity (Wildman–Crippen MR) is 108 cm³/mol. The second kappa shape index (κ2) is 7.39. The molecule has 150 valence electrons. The molecule has 30 heavy (non-hydrogen) atoms. The summed E-state index contributed by atoms with van der Waals surface area (Å²) in [6.45, 7) is 0.171. The molecule has 5 rings (SSSR count). The van der Waals surface area contributed by atoms with Crippen LogP contribution in [0.5, 0.6) is 0 Å². The summed E-state index contributed by atoms with van der Waals surface area (Å²) in [6, 6.07) is 24.0. The minimum absolute atomic E-state index is 0.171. The molecule has 0 unspecified atom stereocenters. The monoisotopic (exact) mass is 402 g/mol. The van der Waals surface area contributed by atoms with Gasteiger partial charge in [0.05, 0.1) is 18.3 Å². The molecule has 3 aromatic carbocycles. The summed E-state index contributed by atoms with van der Waals surface area (Å²) in [5.74, 6) is -2.00. The van der Waals surface area contributed by atoms with Gasteiger partial charge < -0.3 is 0 Å². The molecule has 2 aliphatic rings. The summed E-state index contributed by atoms with van der Waals surface area (Å²) < 4.78 is 14.8. The van der Waals surface area contributed by atoms with Crippen molar-refractivity contribution in [2.24, 2.45) is 5.92 Å². The van der Waals surface area contributed by atoms with E-state index in [1.807, 2.05) is 60.7 Å². The van der Waals surface area contributed by atoms with Crippen molar-refractivity contribution in [3.05, 3.63) is 102 Å². The fourth-order valence-corrected chi connectivity index (χ4v) is 4.22. The van der Waals surface area contributed by atoms with Gasteiger partial charge in [0.2, 0.25) is 5.91 Å². The zero-order valence-electron chi connectivity index (χ0n) is 16.0. The van der Waals surface area contributed by atoms with E-state index < -0.39 is 29.8 Å². The van der Waals surface area contributed by atoms with Gasteiger partial charge in [-0.1, -0.05) is 66.7 Å². The van der Waals surface area contributed by atoms with Crippen LogP contribution in [-0.2, 0) is 21.0 Å².